The smallest absolute Gasteiger partial charge is 0.252 e. The van der Waals surface area contributed by atoms with Gasteiger partial charge in [0.25, 0.3) is 6.71 Å². The molecule has 13 aromatic carbocycles. The van der Waals surface area contributed by atoms with Crippen LogP contribution in [0.25, 0.3) is 101 Å². The number of anilines is 6. The Balaban J connectivity index is 1.02. The average Bonchev–Trinajstić information content (AvgIpc) is 0.695. The summed E-state index contributed by atoms with van der Waals surface area (Å²) in [5.74, 6) is 1.68. The highest BCUT2D eigenvalue weighted by Crippen LogP contribution is 2.48. The van der Waals surface area contributed by atoms with Gasteiger partial charge in [-0.15, -0.1) is 0 Å². The fourth-order valence-corrected chi connectivity index (χ4v) is 14.0. The quantitative estimate of drug-likeness (QED) is 0.121. The van der Waals surface area contributed by atoms with Crippen LogP contribution in [0.1, 0.15) is 52.7 Å². The highest BCUT2D eigenvalue weighted by atomic mass is 15.2. The molecule has 0 spiro atoms. The van der Waals surface area contributed by atoms with E-state index < -0.39 is 0 Å². The molecule has 0 saturated carbocycles. The molecule has 14 aromatic rings. The molecule has 0 saturated heterocycles. The Kier molecular flexibility index (Phi) is 14.7. The maximum atomic E-state index is 5.80. The molecule has 1 aromatic heterocycles. The van der Waals surface area contributed by atoms with Crippen molar-refractivity contribution < 1.29 is 0 Å². The van der Waals surface area contributed by atoms with Gasteiger partial charge < -0.3 is 9.80 Å². The van der Waals surface area contributed by atoms with Crippen molar-refractivity contribution in [3.8, 4) is 101 Å². The molecule has 454 valence electrons. The van der Waals surface area contributed by atoms with Gasteiger partial charge in [0.05, 0.1) is 0 Å². The number of nitrogens with zero attached hydrogens (tertiary/aromatic N) is 5. The summed E-state index contributed by atoms with van der Waals surface area (Å²) in [5, 5.41) is 0. The van der Waals surface area contributed by atoms with Crippen LogP contribution in [0.15, 0.2) is 315 Å². The minimum absolute atomic E-state index is 0.0621. The molecule has 6 heteroatoms. The Hall–Kier alpha value is -11.5. The third-order valence-corrected chi connectivity index (χ3v) is 19.0. The van der Waals surface area contributed by atoms with Crippen LogP contribution < -0.4 is 26.2 Å². The van der Waals surface area contributed by atoms with Gasteiger partial charge in [0.15, 0.2) is 17.5 Å². The van der Waals surface area contributed by atoms with Crippen molar-refractivity contribution in [2.24, 2.45) is 0 Å². The number of rotatable bonds is 11. The molecule has 0 atom stereocenters. The van der Waals surface area contributed by atoms with E-state index in [4.69, 9.17) is 15.0 Å². The monoisotopic (exact) mass is 1220 g/mol. The summed E-state index contributed by atoms with van der Waals surface area (Å²) >= 11 is 0. The van der Waals surface area contributed by atoms with Crippen LogP contribution in [0.5, 0.6) is 0 Å². The Labute approximate surface area is 558 Å². The molecule has 0 fully saturated rings. The molecule has 3 heterocycles. The zero-order chi connectivity index (χ0) is 64.4. The normalized spacial score (nSPS) is 12.5. The highest BCUT2D eigenvalue weighted by molar-refractivity contribution is 7.00. The summed E-state index contributed by atoms with van der Waals surface area (Å²) < 4.78 is 0. The van der Waals surface area contributed by atoms with Crippen molar-refractivity contribution >= 4 is 57.2 Å². The lowest BCUT2D eigenvalue weighted by molar-refractivity contribution is 0.590. The summed E-state index contributed by atoms with van der Waals surface area (Å²) in [7, 11) is 0. The van der Waals surface area contributed by atoms with Crippen LogP contribution in [0.4, 0.5) is 34.1 Å². The van der Waals surface area contributed by atoms with E-state index in [1.807, 2.05) is 0 Å². The first-order valence-electron chi connectivity index (χ1n) is 33.0. The summed E-state index contributed by atoms with van der Waals surface area (Å²) in [5.41, 5.74) is 28.4. The second-order valence-electron chi connectivity index (χ2n) is 27.3. The Morgan fingerprint density at radius 1 is 0.232 bits per heavy atom. The van der Waals surface area contributed by atoms with Gasteiger partial charge in [0.1, 0.15) is 0 Å². The van der Waals surface area contributed by atoms with Crippen molar-refractivity contribution in [2.45, 2.75) is 52.4 Å². The molecule has 0 amide bonds. The van der Waals surface area contributed by atoms with Crippen LogP contribution in [0.2, 0.25) is 0 Å². The topological polar surface area (TPSA) is 45.2 Å². The molecule has 0 unspecified atom stereocenters. The SMILES string of the molecule is CC(C)(C)c1ccc(N2c3cc(-c4ccccc4)ccc3B3c4ccc(-c5ccccc5)cc4N(c4ccc(C(C)(C)C)cc4)c4cc(-c5nc(-c6cc(-c7ccccc7)cc(-c7ccccc7)c6)nc(-c6cc(-c7ccccc7)cc(-c7ccccc7)c6)n5)cc2c43)cc1. The van der Waals surface area contributed by atoms with Crippen LogP contribution in [-0.4, -0.2) is 21.7 Å². The Bertz CT molecular complexity index is 4730. The number of benzene rings is 13. The third-order valence-electron chi connectivity index (χ3n) is 19.0. The van der Waals surface area contributed by atoms with E-state index in [1.165, 1.54) is 27.5 Å². The van der Waals surface area contributed by atoms with Gasteiger partial charge in [-0.2, -0.15) is 0 Å². The van der Waals surface area contributed by atoms with E-state index in [-0.39, 0.29) is 17.5 Å². The van der Waals surface area contributed by atoms with Crippen LogP contribution >= 0.6 is 0 Å². The van der Waals surface area contributed by atoms with E-state index in [0.29, 0.717) is 17.5 Å². The molecular weight excluding hydrogens is 1150 g/mol. The lowest BCUT2D eigenvalue weighted by Gasteiger charge is -2.44. The van der Waals surface area contributed by atoms with E-state index >= 15 is 0 Å². The number of hydrogen-bond donors (Lipinski definition) is 0. The van der Waals surface area contributed by atoms with Crippen LogP contribution in [0, 0.1) is 0 Å². The Morgan fingerprint density at radius 2 is 0.484 bits per heavy atom. The molecule has 5 nitrogen and oxygen atoms in total. The molecular formula is C89H70BN5. The largest absolute Gasteiger partial charge is 0.311 e. The summed E-state index contributed by atoms with van der Waals surface area (Å²) in [6, 6.07) is 115. The molecule has 2 aliphatic heterocycles. The first kappa shape index (κ1) is 58.6. The van der Waals surface area contributed by atoms with E-state index in [9.17, 15) is 0 Å². The van der Waals surface area contributed by atoms with Gasteiger partial charge in [-0.25, -0.2) is 15.0 Å². The summed E-state index contributed by atoms with van der Waals surface area (Å²) in [6.07, 6.45) is 0. The van der Waals surface area contributed by atoms with E-state index in [1.54, 1.807) is 0 Å². The van der Waals surface area contributed by atoms with Gasteiger partial charge in [-0.05, 0) is 190 Å². The van der Waals surface area contributed by atoms with Gasteiger partial charge >= 0.3 is 0 Å². The lowest BCUT2D eigenvalue weighted by atomic mass is 9.33. The molecule has 16 rings (SSSR count). The first-order chi connectivity index (χ1) is 46.3. The van der Waals surface area contributed by atoms with Crippen molar-refractivity contribution in [2.75, 3.05) is 9.80 Å². The van der Waals surface area contributed by atoms with Crippen molar-refractivity contribution in [1.29, 1.82) is 0 Å². The van der Waals surface area contributed by atoms with Gasteiger partial charge in [-0.3, -0.25) is 0 Å². The van der Waals surface area contributed by atoms with Gasteiger partial charge in [0.2, 0.25) is 0 Å². The highest BCUT2D eigenvalue weighted by Gasteiger charge is 2.44. The zero-order valence-corrected chi connectivity index (χ0v) is 54.3. The molecule has 0 bridgehead atoms. The number of aromatic nitrogens is 3. The number of fused-ring (bicyclic) bond motifs is 4. The van der Waals surface area contributed by atoms with Gasteiger partial charge in [0, 0.05) is 50.8 Å². The first-order valence-corrected chi connectivity index (χ1v) is 33.0. The van der Waals surface area contributed by atoms with Gasteiger partial charge in [-0.1, -0.05) is 272 Å². The minimum atomic E-state index is -0.164. The molecule has 0 N–H and O–H groups in total. The second kappa shape index (κ2) is 23.9. The zero-order valence-electron chi connectivity index (χ0n) is 54.3. The summed E-state index contributed by atoms with van der Waals surface area (Å²) in [6.45, 7) is 13.6. The maximum Gasteiger partial charge on any atom is 0.252 e. The Morgan fingerprint density at radius 3 is 0.768 bits per heavy atom. The fourth-order valence-electron chi connectivity index (χ4n) is 14.0. The van der Waals surface area contributed by atoms with Crippen molar-refractivity contribution in [1.82, 2.24) is 15.0 Å². The van der Waals surface area contributed by atoms with Crippen molar-refractivity contribution in [3.63, 3.8) is 0 Å². The minimum Gasteiger partial charge on any atom is -0.311 e. The predicted octanol–water partition coefficient (Wildman–Crippen LogP) is 21.6. The van der Waals surface area contributed by atoms with Crippen molar-refractivity contribution in [3.05, 3.63) is 327 Å². The standard InChI is InChI=1S/C89H70BN5/c1-88(2,3)74-39-43-76(44-40-74)94-80-55-65(59-25-13-7-14-26-59)37-47-78(80)90-79-48-38-66(60-27-15-8-16-28-60)56-81(79)95(77-45-41-75(42-46-77)89(4,5)6)83-58-73(57-82(94)84(83)90)87-92-85(71-51-67(61-29-17-9-18-30-61)49-68(52-71)62-31-19-10-20-32-62)91-86(93-87)72-53-69(63-33-21-11-22-34-63)50-70(54-72)64-35-23-12-24-36-64/h7-58H,1-6H3. The predicted molar refractivity (Wildman–Crippen MR) is 400 cm³/mol. The van der Waals surface area contributed by atoms with Crippen LogP contribution in [0.3, 0.4) is 0 Å². The average molecular weight is 1220 g/mol. The maximum absolute atomic E-state index is 5.80. The molecule has 95 heavy (non-hydrogen) atoms. The molecule has 2 aliphatic rings. The molecule has 0 radical (unpaired) electrons. The van der Waals surface area contributed by atoms with E-state index in [0.717, 1.165) is 118 Å². The number of hydrogen-bond acceptors (Lipinski definition) is 5. The molecule has 0 aliphatic carbocycles. The van der Waals surface area contributed by atoms with Crippen LogP contribution in [-0.2, 0) is 10.8 Å². The van der Waals surface area contributed by atoms with E-state index in [2.05, 4.69) is 367 Å². The lowest BCUT2D eigenvalue weighted by Crippen LogP contribution is -2.61. The third kappa shape index (κ3) is 11.2. The second-order valence-corrected chi connectivity index (χ2v) is 27.3. The summed E-state index contributed by atoms with van der Waals surface area (Å²) in [4.78, 5) is 22.3. The fraction of sp³-hybridized carbons (Fsp3) is 0.0899.